The molecule has 62 valence electrons. The maximum atomic E-state index is 11.1. The van der Waals surface area contributed by atoms with Gasteiger partial charge in [0.1, 0.15) is 0 Å². The summed E-state index contributed by atoms with van der Waals surface area (Å²) < 4.78 is 0. The number of hydrogen-bond acceptors (Lipinski definition) is 3. The van der Waals surface area contributed by atoms with Crippen LogP contribution in [0.25, 0.3) is 0 Å². The first-order chi connectivity index (χ1) is 5.63. The first-order valence-corrected chi connectivity index (χ1v) is 3.09. The highest BCUT2D eigenvalue weighted by atomic mass is 16.2. The molecule has 0 atom stereocenters. The molecule has 1 aliphatic heterocycles. The molecule has 4 amide bonds. The molecule has 0 spiro atoms. The van der Waals surface area contributed by atoms with E-state index in [4.69, 9.17) is 0 Å². The molecule has 1 aliphatic rings. The fourth-order valence-electron chi connectivity index (χ4n) is 0.818. The smallest absolute Gasteiger partial charge is 0.262 e. The molecule has 5 heteroatoms. The summed E-state index contributed by atoms with van der Waals surface area (Å²) in [6, 6.07) is -0.741. The first-order valence-electron chi connectivity index (χ1n) is 3.09. The fraction of sp³-hybridized carbons (Fsp3) is 0. The van der Waals surface area contributed by atoms with Crippen molar-refractivity contribution in [1.29, 1.82) is 0 Å². The molecule has 12 heavy (non-hydrogen) atoms. The highest BCUT2D eigenvalue weighted by Gasteiger charge is 2.41. The summed E-state index contributed by atoms with van der Waals surface area (Å²) >= 11 is 0. The van der Waals surface area contributed by atoms with Crippen LogP contribution < -0.4 is 0 Å². The van der Waals surface area contributed by atoms with E-state index in [0.29, 0.717) is 9.80 Å². The molecule has 0 unspecified atom stereocenters. The Bertz CT molecular complexity index is 267. The Morgan fingerprint density at radius 1 is 0.917 bits per heavy atom. The number of amides is 4. The lowest BCUT2D eigenvalue weighted by Crippen LogP contribution is -2.25. The third kappa shape index (κ3) is 0.833. The minimum Gasteiger partial charge on any atom is -0.262 e. The molecular weight excluding hydrogens is 160 g/mol. The van der Waals surface area contributed by atoms with Crippen LogP contribution in [0, 0.1) is 0 Å². The Morgan fingerprint density at radius 3 is 1.42 bits per heavy atom. The largest absolute Gasteiger partial charge is 0.342 e. The summed E-state index contributed by atoms with van der Waals surface area (Å²) in [4.78, 5) is 34.1. The van der Waals surface area contributed by atoms with Gasteiger partial charge in [0, 0.05) is 12.4 Å². The molecule has 0 aromatic heterocycles. The summed E-state index contributed by atoms with van der Waals surface area (Å²) in [7, 11) is 0. The Morgan fingerprint density at radius 2 is 1.25 bits per heavy atom. The van der Waals surface area contributed by atoms with E-state index >= 15 is 0 Å². The van der Waals surface area contributed by atoms with E-state index in [-0.39, 0.29) is 0 Å². The van der Waals surface area contributed by atoms with Gasteiger partial charge in [-0.1, -0.05) is 13.2 Å². The van der Waals surface area contributed by atoms with Gasteiger partial charge in [-0.2, -0.15) is 0 Å². The van der Waals surface area contributed by atoms with Crippen LogP contribution in [0.3, 0.4) is 0 Å². The van der Waals surface area contributed by atoms with Gasteiger partial charge < -0.3 is 0 Å². The predicted molar refractivity (Wildman–Crippen MR) is 39.5 cm³/mol. The molecule has 0 aromatic rings. The molecule has 0 radical (unpaired) electrons. The van der Waals surface area contributed by atoms with Crippen molar-refractivity contribution in [3.63, 3.8) is 0 Å². The summed E-state index contributed by atoms with van der Waals surface area (Å²) in [6.07, 6.45) is 1.98. The fourth-order valence-corrected chi connectivity index (χ4v) is 0.818. The lowest BCUT2D eigenvalue weighted by molar-refractivity contribution is -0.141. The number of carbonyl (C=O) groups is 3. The number of carbonyl (C=O) groups excluding carboxylic acids is 3. The van der Waals surface area contributed by atoms with Crippen molar-refractivity contribution in [2.75, 3.05) is 0 Å². The van der Waals surface area contributed by atoms with E-state index in [1.807, 2.05) is 0 Å². The van der Waals surface area contributed by atoms with Gasteiger partial charge in [-0.3, -0.25) is 9.59 Å². The molecule has 0 aromatic carbocycles. The van der Waals surface area contributed by atoms with Crippen LogP contribution in [0.2, 0.25) is 0 Å². The minimum absolute atomic E-state index is 0.629. The van der Waals surface area contributed by atoms with Gasteiger partial charge in [-0.05, 0) is 0 Å². The third-order valence-electron chi connectivity index (χ3n) is 1.40. The van der Waals surface area contributed by atoms with E-state index in [1.165, 1.54) is 0 Å². The maximum absolute atomic E-state index is 11.1. The number of nitrogens with zero attached hydrogens (tertiary/aromatic N) is 2. The van der Waals surface area contributed by atoms with Gasteiger partial charge in [-0.15, -0.1) is 0 Å². The van der Waals surface area contributed by atoms with Gasteiger partial charge in [0.15, 0.2) is 0 Å². The van der Waals surface area contributed by atoms with Crippen LogP contribution in [0.15, 0.2) is 25.6 Å². The molecule has 0 aliphatic carbocycles. The summed E-state index contributed by atoms with van der Waals surface area (Å²) in [6.45, 7) is 6.44. The minimum atomic E-state index is -0.908. The topological polar surface area (TPSA) is 57.7 Å². The summed E-state index contributed by atoms with van der Waals surface area (Å²) in [5.41, 5.74) is 0. The van der Waals surface area contributed by atoms with Gasteiger partial charge in [-0.25, -0.2) is 14.6 Å². The van der Waals surface area contributed by atoms with Crippen molar-refractivity contribution in [2.24, 2.45) is 0 Å². The van der Waals surface area contributed by atoms with Gasteiger partial charge in [0.2, 0.25) is 0 Å². The molecule has 1 saturated heterocycles. The van der Waals surface area contributed by atoms with E-state index < -0.39 is 17.8 Å². The second-order valence-corrected chi connectivity index (χ2v) is 2.00. The average Bonchev–Trinajstić information content (AvgIpc) is 2.25. The van der Waals surface area contributed by atoms with Crippen LogP contribution >= 0.6 is 0 Å². The van der Waals surface area contributed by atoms with Crippen molar-refractivity contribution in [3.8, 4) is 0 Å². The molecule has 0 bridgehead atoms. The van der Waals surface area contributed by atoms with E-state index in [9.17, 15) is 14.4 Å². The number of rotatable bonds is 2. The van der Waals surface area contributed by atoms with Crippen molar-refractivity contribution in [2.45, 2.75) is 0 Å². The third-order valence-corrected chi connectivity index (χ3v) is 1.40. The Kier molecular flexibility index (Phi) is 1.78. The van der Waals surface area contributed by atoms with Crippen LogP contribution in [0.4, 0.5) is 4.79 Å². The zero-order valence-corrected chi connectivity index (χ0v) is 6.19. The van der Waals surface area contributed by atoms with Crippen LogP contribution in [0.5, 0.6) is 0 Å². The normalized spacial score (nSPS) is 17.2. The van der Waals surface area contributed by atoms with Crippen molar-refractivity contribution < 1.29 is 14.4 Å². The van der Waals surface area contributed by atoms with Crippen molar-refractivity contribution in [1.82, 2.24) is 9.80 Å². The molecule has 0 N–H and O–H groups in total. The molecule has 0 saturated carbocycles. The molecule has 1 fully saturated rings. The number of urea groups is 1. The standard InChI is InChI=1S/C7H6N2O3/c1-3-8-5(10)6(11)9(4-2)7(8)12/h3-4H,1-2H2. The lowest BCUT2D eigenvalue weighted by Gasteiger charge is -2.05. The van der Waals surface area contributed by atoms with Crippen LogP contribution in [-0.4, -0.2) is 27.6 Å². The SMILES string of the molecule is C=CN1C(=O)C(=O)N(C=C)C1=O. The van der Waals surface area contributed by atoms with Crippen molar-refractivity contribution >= 4 is 17.8 Å². The maximum Gasteiger partial charge on any atom is 0.342 e. The van der Waals surface area contributed by atoms with E-state index in [1.54, 1.807) is 0 Å². The Hall–Kier alpha value is -1.91. The zero-order chi connectivity index (χ0) is 9.30. The first kappa shape index (κ1) is 8.19. The molecular formula is C7H6N2O3. The van der Waals surface area contributed by atoms with Crippen LogP contribution in [-0.2, 0) is 9.59 Å². The monoisotopic (exact) mass is 166 g/mol. The average molecular weight is 166 g/mol. The highest BCUT2D eigenvalue weighted by molar-refractivity contribution is 6.45. The zero-order valence-electron chi connectivity index (χ0n) is 6.19. The van der Waals surface area contributed by atoms with Crippen molar-refractivity contribution in [3.05, 3.63) is 25.6 Å². The van der Waals surface area contributed by atoms with Gasteiger partial charge in [0.05, 0.1) is 0 Å². The molecule has 5 nitrogen and oxygen atoms in total. The molecule has 1 rings (SSSR count). The highest BCUT2D eigenvalue weighted by Crippen LogP contribution is 2.11. The second-order valence-electron chi connectivity index (χ2n) is 2.00. The van der Waals surface area contributed by atoms with E-state index in [0.717, 1.165) is 12.4 Å². The predicted octanol–water partition coefficient (Wildman–Crippen LogP) is 0.0642. The lowest BCUT2D eigenvalue weighted by atomic mass is 10.5. The quantitative estimate of drug-likeness (QED) is 0.430. The van der Waals surface area contributed by atoms with Crippen LogP contribution in [0.1, 0.15) is 0 Å². The Balaban J connectivity index is 3.09. The van der Waals surface area contributed by atoms with E-state index in [2.05, 4.69) is 13.2 Å². The number of imide groups is 2. The molecule has 1 heterocycles. The number of hydrogen-bond donors (Lipinski definition) is 0. The summed E-state index contributed by atoms with van der Waals surface area (Å²) in [5.74, 6) is -1.82. The summed E-state index contributed by atoms with van der Waals surface area (Å²) in [5, 5.41) is 0. The van der Waals surface area contributed by atoms with Gasteiger partial charge >= 0.3 is 17.8 Å². The van der Waals surface area contributed by atoms with Gasteiger partial charge in [0.25, 0.3) is 0 Å². The second kappa shape index (κ2) is 2.61. The Labute approximate surface area is 68.5 Å².